The quantitative estimate of drug-likeness (QED) is 0.734. The minimum absolute atomic E-state index is 0.0866. The number of alkyl halides is 3. The van der Waals surface area contributed by atoms with Gasteiger partial charge in [0.05, 0.1) is 5.56 Å². The van der Waals surface area contributed by atoms with Crippen LogP contribution < -0.4 is 5.56 Å². The fourth-order valence-corrected chi connectivity index (χ4v) is 2.17. The number of carbonyl (C=O) groups is 1. The highest BCUT2D eigenvalue weighted by molar-refractivity contribution is 5.97. The summed E-state index contributed by atoms with van der Waals surface area (Å²) in [5.41, 5.74) is -1.16. The number of benzene rings is 1. The summed E-state index contributed by atoms with van der Waals surface area (Å²) in [7, 11) is 0. The van der Waals surface area contributed by atoms with Gasteiger partial charge in [0, 0.05) is 36.1 Å². The van der Waals surface area contributed by atoms with Gasteiger partial charge in [0.1, 0.15) is 0 Å². The molecule has 6 nitrogen and oxygen atoms in total. The molecule has 0 atom stereocenters. The second-order valence-corrected chi connectivity index (χ2v) is 5.19. The van der Waals surface area contributed by atoms with Crippen molar-refractivity contribution in [3.05, 3.63) is 76.0 Å². The summed E-state index contributed by atoms with van der Waals surface area (Å²) in [6, 6.07) is 5.49. The topological polar surface area (TPSA) is 80.6 Å². The molecule has 3 rings (SSSR count). The predicted molar refractivity (Wildman–Crippen MR) is 81.5 cm³/mol. The molecule has 0 saturated heterocycles. The number of hydrogen-bond acceptors (Lipinski definition) is 4. The van der Waals surface area contributed by atoms with Gasteiger partial charge in [-0.05, 0) is 18.2 Å². The number of aromatic amines is 1. The van der Waals surface area contributed by atoms with Gasteiger partial charge in [-0.1, -0.05) is 12.1 Å². The molecule has 2 heterocycles. The van der Waals surface area contributed by atoms with Crippen molar-refractivity contribution in [2.24, 2.45) is 0 Å². The monoisotopic (exact) mass is 348 g/mol. The zero-order chi connectivity index (χ0) is 18.0. The number of ketones is 1. The Balaban J connectivity index is 1.78. The lowest BCUT2D eigenvalue weighted by molar-refractivity contribution is -0.137. The molecule has 0 spiro atoms. The number of H-pyrrole nitrogens is 1. The van der Waals surface area contributed by atoms with Crippen LogP contribution in [-0.2, 0) is 12.6 Å². The average molecular weight is 348 g/mol. The molecular formula is C16H11F3N4O2. The van der Waals surface area contributed by atoms with Crippen LogP contribution in [-0.4, -0.2) is 25.5 Å². The van der Waals surface area contributed by atoms with Crippen LogP contribution in [0, 0.1) is 0 Å². The highest BCUT2D eigenvalue weighted by Gasteiger charge is 2.30. The van der Waals surface area contributed by atoms with Crippen LogP contribution >= 0.6 is 0 Å². The van der Waals surface area contributed by atoms with E-state index in [0.29, 0.717) is 0 Å². The first-order valence-electron chi connectivity index (χ1n) is 7.13. The third kappa shape index (κ3) is 3.65. The lowest BCUT2D eigenvalue weighted by Gasteiger charge is -2.07. The number of nitrogens with zero attached hydrogens (tertiary/aromatic N) is 3. The van der Waals surface area contributed by atoms with Crippen molar-refractivity contribution >= 4 is 5.78 Å². The Morgan fingerprint density at radius 3 is 2.48 bits per heavy atom. The maximum Gasteiger partial charge on any atom is 0.416 e. The zero-order valence-electron chi connectivity index (χ0n) is 12.6. The van der Waals surface area contributed by atoms with E-state index in [1.807, 2.05) is 0 Å². The van der Waals surface area contributed by atoms with Crippen molar-refractivity contribution in [1.29, 1.82) is 0 Å². The molecule has 0 aliphatic heterocycles. The molecule has 0 aliphatic rings. The Morgan fingerprint density at radius 2 is 1.92 bits per heavy atom. The molecule has 0 bridgehead atoms. The fourth-order valence-electron chi connectivity index (χ4n) is 2.17. The van der Waals surface area contributed by atoms with Crippen molar-refractivity contribution in [2.45, 2.75) is 12.6 Å². The minimum atomic E-state index is -4.47. The second kappa shape index (κ2) is 6.34. The van der Waals surface area contributed by atoms with Gasteiger partial charge in [-0.25, -0.2) is 9.67 Å². The first kappa shape index (κ1) is 16.6. The molecule has 2 aromatic heterocycles. The van der Waals surface area contributed by atoms with E-state index >= 15 is 0 Å². The molecule has 1 aromatic carbocycles. The van der Waals surface area contributed by atoms with E-state index in [1.54, 1.807) is 12.3 Å². The first-order chi connectivity index (χ1) is 11.8. The summed E-state index contributed by atoms with van der Waals surface area (Å²) in [6.45, 7) is 0. The summed E-state index contributed by atoms with van der Waals surface area (Å²) in [5.74, 6) is -0.284. The number of carbonyl (C=O) groups excluding carboxylic acids is 1. The molecule has 9 heteroatoms. The molecule has 0 amide bonds. The number of halogens is 3. The number of rotatable bonds is 4. The number of Topliss-reactive ketones (excluding diaryl/α,β-unsaturated/α-hetero) is 1. The molecule has 25 heavy (non-hydrogen) atoms. The van der Waals surface area contributed by atoms with Crippen LogP contribution in [0.4, 0.5) is 13.2 Å². The van der Waals surface area contributed by atoms with Gasteiger partial charge in [0.15, 0.2) is 5.78 Å². The molecule has 0 radical (unpaired) electrons. The van der Waals surface area contributed by atoms with E-state index < -0.39 is 23.1 Å². The molecule has 1 N–H and O–H groups in total. The molecule has 0 saturated carbocycles. The molecule has 0 unspecified atom stereocenters. The van der Waals surface area contributed by atoms with E-state index in [0.717, 1.165) is 24.3 Å². The van der Waals surface area contributed by atoms with Gasteiger partial charge < -0.3 is 0 Å². The highest BCUT2D eigenvalue weighted by atomic mass is 19.4. The summed E-state index contributed by atoms with van der Waals surface area (Å²) in [6.07, 6.45) is -0.386. The van der Waals surface area contributed by atoms with Gasteiger partial charge in [0.2, 0.25) is 5.95 Å². The first-order valence-corrected chi connectivity index (χ1v) is 7.13. The Labute approximate surface area is 139 Å². The Morgan fingerprint density at radius 1 is 1.20 bits per heavy atom. The van der Waals surface area contributed by atoms with E-state index in [9.17, 15) is 22.8 Å². The van der Waals surface area contributed by atoms with Crippen LogP contribution in [0.2, 0.25) is 0 Å². The third-order valence-corrected chi connectivity index (χ3v) is 3.47. The van der Waals surface area contributed by atoms with E-state index in [1.165, 1.54) is 17.1 Å². The van der Waals surface area contributed by atoms with Crippen molar-refractivity contribution in [3.63, 3.8) is 0 Å². The number of nitrogens with one attached hydrogen (secondary N) is 1. The van der Waals surface area contributed by atoms with Crippen molar-refractivity contribution in [2.75, 3.05) is 0 Å². The summed E-state index contributed by atoms with van der Waals surface area (Å²) in [5, 5.41) is 3.92. The summed E-state index contributed by atoms with van der Waals surface area (Å²) in [4.78, 5) is 30.7. The Hall–Kier alpha value is -3.23. The van der Waals surface area contributed by atoms with Crippen LogP contribution in [0.1, 0.15) is 21.5 Å². The standard InChI is InChI=1S/C16H11F3N4O2/c17-16(18,19)12-4-2-10(3-5-12)13(24)8-11-9-20-15(22-14(11)25)23-7-1-6-21-23/h1-7,9H,8H2,(H,20,22,25). The SMILES string of the molecule is O=C(Cc1cnc(-n2cccn2)[nH]c1=O)c1ccc(C(F)(F)F)cc1. The molecule has 0 fully saturated rings. The Kier molecular flexibility index (Phi) is 4.22. The molecule has 3 aromatic rings. The predicted octanol–water partition coefficient (Wildman–Crippen LogP) is 2.40. The fraction of sp³-hybridized carbons (Fsp3) is 0.125. The van der Waals surface area contributed by atoms with Gasteiger partial charge in [0.25, 0.3) is 5.56 Å². The van der Waals surface area contributed by atoms with Crippen molar-refractivity contribution < 1.29 is 18.0 Å². The van der Waals surface area contributed by atoms with Crippen LogP contribution in [0.25, 0.3) is 5.95 Å². The Bertz CT molecular complexity index is 945. The molecule has 128 valence electrons. The van der Waals surface area contributed by atoms with E-state index in [2.05, 4.69) is 15.1 Å². The lowest BCUT2D eigenvalue weighted by atomic mass is 10.0. The molecular weight excluding hydrogens is 337 g/mol. The van der Waals surface area contributed by atoms with Crippen LogP contribution in [0.15, 0.2) is 53.7 Å². The van der Waals surface area contributed by atoms with Gasteiger partial charge >= 0.3 is 6.18 Å². The van der Waals surface area contributed by atoms with Gasteiger partial charge in [-0.3, -0.25) is 14.6 Å². The lowest BCUT2D eigenvalue weighted by Crippen LogP contribution is -2.20. The molecule has 0 aliphatic carbocycles. The minimum Gasteiger partial charge on any atom is -0.294 e. The second-order valence-electron chi connectivity index (χ2n) is 5.19. The smallest absolute Gasteiger partial charge is 0.294 e. The maximum absolute atomic E-state index is 12.5. The summed E-state index contributed by atoms with van der Waals surface area (Å²) >= 11 is 0. The van der Waals surface area contributed by atoms with Gasteiger partial charge in [-0.15, -0.1) is 0 Å². The number of hydrogen-bond donors (Lipinski definition) is 1. The van der Waals surface area contributed by atoms with Crippen LogP contribution in [0.3, 0.4) is 0 Å². The third-order valence-electron chi connectivity index (χ3n) is 3.47. The van der Waals surface area contributed by atoms with E-state index in [4.69, 9.17) is 0 Å². The summed E-state index contributed by atoms with van der Waals surface area (Å²) < 4.78 is 38.9. The zero-order valence-corrected chi connectivity index (χ0v) is 12.6. The number of aromatic nitrogens is 4. The van der Waals surface area contributed by atoms with Gasteiger partial charge in [-0.2, -0.15) is 18.3 Å². The van der Waals surface area contributed by atoms with Crippen molar-refractivity contribution in [3.8, 4) is 5.95 Å². The highest BCUT2D eigenvalue weighted by Crippen LogP contribution is 2.29. The average Bonchev–Trinajstić information content (AvgIpc) is 3.10. The maximum atomic E-state index is 12.5. The largest absolute Gasteiger partial charge is 0.416 e. The van der Waals surface area contributed by atoms with E-state index in [-0.39, 0.29) is 23.5 Å². The van der Waals surface area contributed by atoms with Crippen molar-refractivity contribution in [1.82, 2.24) is 19.7 Å². The van der Waals surface area contributed by atoms with Crippen LogP contribution in [0.5, 0.6) is 0 Å². The normalized spacial score (nSPS) is 11.5.